The minimum atomic E-state index is 0.553. The summed E-state index contributed by atoms with van der Waals surface area (Å²) in [5.41, 5.74) is 1.17. The summed E-state index contributed by atoms with van der Waals surface area (Å²) in [6.45, 7) is 0.693. The molecule has 1 aromatic heterocycles. The molecule has 3 nitrogen and oxygen atoms in total. The van der Waals surface area contributed by atoms with E-state index in [1.54, 1.807) is 4.68 Å². The van der Waals surface area contributed by atoms with Crippen LogP contribution >= 0.6 is 44.1 Å². The molecule has 0 atom stereocenters. The summed E-state index contributed by atoms with van der Waals surface area (Å²) in [4.78, 5) is 3.86. The molecule has 0 saturated heterocycles. The van der Waals surface area contributed by atoms with Crippen molar-refractivity contribution in [1.29, 1.82) is 0 Å². The average Bonchev–Trinajstić information content (AvgIpc) is 2.63. The Morgan fingerprint density at radius 3 is 2.65 bits per heavy atom. The zero-order valence-corrected chi connectivity index (χ0v) is 12.6. The lowest BCUT2D eigenvalue weighted by Gasteiger charge is -2.01. The first-order valence-corrected chi connectivity index (χ1v) is 6.74. The molecule has 0 aliphatic carbocycles. The summed E-state index contributed by atoms with van der Waals surface area (Å²) in [6.07, 6.45) is 1.87. The molecule has 0 saturated carbocycles. The first-order valence-electron chi connectivity index (χ1n) is 4.74. The van der Waals surface area contributed by atoms with Crippen LogP contribution in [0.5, 0.6) is 0 Å². The fourth-order valence-corrected chi connectivity index (χ4v) is 2.12. The SMILES string of the molecule is S=C=Nc1nn(Cc2ccc(Br)cc2)cc1Br. The van der Waals surface area contributed by atoms with E-state index in [4.69, 9.17) is 0 Å². The predicted molar refractivity (Wildman–Crippen MR) is 77.9 cm³/mol. The number of nitrogens with zero attached hydrogens (tertiary/aromatic N) is 3. The molecule has 0 N–H and O–H groups in total. The summed E-state index contributed by atoms with van der Waals surface area (Å²) in [6, 6.07) is 8.09. The van der Waals surface area contributed by atoms with Crippen LogP contribution < -0.4 is 0 Å². The van der Waals surface area contributed by atoms with E-state index in [2.05, 4.69) is 59.3 Å². The van der Waals surface area contributed by atoms with Crippen molar-refractivity contribution in [3.63, 3.8) is 0 Å². The summed E-state index contributed by atoms with van der Waals surface area (Å²) in [7, 11) is 0. The topological polar surface area (TPSA) is 30.2 Å². The van der Waals surface area contributed by atoms with Crippen LogP contribution in [-0.4, -0.2) is 14.9 Å². The van der Waals surface area contributed by atoms with Gasteiger partial charge in [-0.05, 0) is 45.8 Å². The van der Waals surface area contributed by atoms with Gasteiger partial charge in [0.25, 0.3) is 0 Å². The Labute approximate surface area is 121 Å². The Morgan fingerprint density at radius 2 is 2.00 bits per heavy atom. The van der Waals surface area contributed by atoms with Gasteiger partial charge >= 0.3 is 0 Å². The standard InChI is InChI=1S/C11H7Br2N3S/c12-9-3-1-8(2-4-9)5-16-6-10(13)11(15-16)14-7-17/h1-4,6H,5H2. The first kappa shape index (κ1) is 12.6. The Kier molecular flexibility index (Phi) is 4.23. The van der Waals surface area contributed by atoms with Crippen LogP contribution in [0, 0.1) is 0 Å². The van der Waals surface area contributed by atoms with E-state index in [0.717, 1.165) is 8.95 Å². The Balaban J connectivity index is 2.21. The van der Waals surface area contributed by atoms with Gasteiger partial charge in [0, 0.05) is 10.7 Å². The largest absolute Gasteiger partial charge is 0.265 e. The van der Waals surface area contributed by atoms with Crippen molar-refractivity contribution in [2.45, 2.75) is 6.54 Å². The zero-order valence-electron chi connectivity index (χ0n) is 8.60. The molecule has 1 aromatic carbocycles. The molecular formula is C11H7Br2N3S. The molecule has 0 unspecified atom stereocenters. The summed E-state index contributed by atoms with van der Waals surface area (Å²) < 4.78 is 3.68. The van der Waals surface area contributed by atoms with Gasteiger partial charge < -0.3 is 0 Å². The third-order valence-corrected chi connectivity index (χ3v) is 3.29. The molecule has 86 valence electrons. The minimum absolute atomic E-state index is 0.553. The number of aliphatic imine (C=N–C) groups is 1. The third-order valence-electron chi connectivity index (χ3n) is 2.11. The number of benzene rings is 1. The molecule has 0 aliphatic heterocycles. The Morgan fingerprint density at radius 1 is 1.29 bits per heavy atom. The van der Waals surface area contributed by atoms with Crippen molar-refractivity contribution in [2.24, 2.45) is 4.99 Å². The van der Waals surface area contributed by atoms with Gasteiger partial charge in [-0.2, -0.15) is 10.1 Å². The first-order chi connectivity index (χ1) is 8.19. The average molecular weight is 373 g/mol. The van der Waals surface area contributed by atoms with Crippen LogP contribution in [-0.2, 0) is 6.54 Å². The van der Waals surface area contributed by atoms with Crippen LogP contribution in [0.2, 0.25) is 0 Å². The molecular weight excluding hydrogens is 366 g/mol. The minimum Gasteiger partial charge on any atom is -0.265 e. The number of aromatic nitrogens is 2. The summed E-state index contributed by atoms with van der Waals surface area (Å²) in [5, 5.41) is 6.59. The number of thiocarbonyl (C=S) groups is 1. The maximum Gasteiger partial charge on any atom is 0.198 e. The van der Waals surface area contributed by atoms with Crippen molar-refractivity contribution in [1.82, 2.24) is 9.78 Å². The second-order valence-electron chi connectivity index (χ2n) is 3.33. The smallest absolute Gasteiger partial charge is 0.198 e. The van der Waals surface area contributed by atoms with Gasteiger partial charge in [0.15, 0.2) is 5.82 Å². The maximum atomic E-state index is 4.55. The Hall–Kier alpha value is -0.810. The zero-order chi connectivity index (χ0) is 12.3. The highest BCUT2D eigenvalue weighted by Gasteiger charge is 2.05. The van der Waals surface area contributed by atoms with Crippen molar-refractivity contribution in [3.8, 4) is 0 Å². The molecule has 0 aliphatic rings. The van der Waals surface area contributed by atoms with Gasteiger partial charge in [0.05, 0.1) is 16.2 Å². The number of rotatable bonds is 3. The van der Waals surface area contributed by atoms with Gasteiger partial charge in [-0.25, -0.2) is 0 Å². The molecule has 0 spiro atoms. The second-order valence-corrected chi connectivity index (χ2v) is 5.28. The monoisotopic (exact) mass is 371 g/mol. The summed E-state index contributed by atoms with van der Waals surface area (Å²) >= 11 is 11.3. The molecule has 1 heterocycles. The number of halogens is 2. The maximum absolute atomic E-state index is 4.55. The lowest BCUT2D eigenvalue weighted by molar-refractivity contribution is 0.688. The van der Waals surface area contributed by atoms with E-state index in [0.29, 0.717) is 12.4 Å². The van der Waals surface area contributed by atoms with Crippen LogP contribution in [0.15, 0.2) is 44.4 Å². The number of hydrogen-bond acceptors (Lipinski definition) is 3. The van der Waals surface area contributed by atoms with E-state index in [9.17, 15) is 0 Å². The van der Waals surface area contributed by atoms with Crippen LogP contribution in [0.1, 0.15) is 5.56 Å². The molecule has 17 heavy (non-hydrogen) atoms. The van der Waals surface area contributed by atoms with Gasteiger partial charge in [0.1, 0.15) is 0 Å². The van der Waals surface area contributed by atoms with Gasteiger partial charge in [-0.3, -0.25) is 4.68 Å². The van der Waals surface area contributed by atoms with E-state index in [1.807, 2.05) is 30.5 Å². The fraction of sp³-hybridized carbons (Fsp3) is 0.0909. The van der Waals surface area contributed by atoms with Crippen LogP contribution in [0.4, 0.5) is 5.82 Å². The van der Waals surface area contributed by atoms with E-state index >= 15 is 0 Å². The molecule has 6 heteroatoms. The lowest BCUT2D eigenvalue weighted by Crippen LogP contribution is -1.99. The summed E-state index contributed by atoms with van der Waals surface area (Å²) in [5.74, 6) is 0.553. The van der Waals surface area contributed by atoms with Gasteiger partial charge in [-0.1, -0.05) is 28.1 Å². The molecule has 0 bridgehead atoms. The number of isothiocyanates is 1. The molecule has 2 aromatic rings. The number of hydrogen-bond donors (Lipinski definition) is 0. The molecule has 0 fully saturated rings. The van der Waals surface area contributed by atoms with Crippen molar-refractivity contribution < 1.29 is 0 Å². The normalized spacial score (nSPS) is 10.0. The van der Waals surface area contributed by atoms with E-state index in [1.165, 1.54) is 5.56 Å². The molecule has 0 amide bonds. The van der Waals surface area contributed by atoms with Crippen molar-refractivity contribution >= 4 is 55.1 Å². The quantitative estimate of drug-likeness (QED) is 0.597. The fourth-order valence-electron chi connectivity index (χ4n) is 1.36. The third kappa shape index (κ3) is 3.33. The lowest BCUT2D eigenvalue weighted by atomic mass is 10.2. The second kappa shape index (κ2) is 5.69. The van der Waals surface area contributed by atoms with Crippen molar-refractivity contribution in [2.75, 3.05) is 0 Å². The van der Waals surface area contributed by atoms with E-state index in [-0.39, 0.29) is 0 Å². The van der Waals surface area contributed by atoms with Gasteiger partial charge in [-0.15, -0.1) is 0 Å². The van der Waals surface area contributed by atoms with Crippen molar-refractivity contribution in [3.05, 3.63) is 45.0 Å². The van der Waals surface area contributed by atoms with Crippen LogP contribution in [0.25, 0.3) is 0 Å². The highest BCUT2D eigenvalue weighted by molar-refractivity contribution is 9.10. The van der Waals surface area contributed by atoms with Crippen LogP contribution in [0.3, 0.4) is 0 Å². The predicted octanol–water partition coefficient (Wildman–Crippen LogP) is 4.19. The van der Waals surface area contributed by atoms with E-state index < -0.39 is 0 Å². The van der Waals surface area contributed by atoms with Gasteiger partial charge in [0.2, 0.25) is 0 Å². The molecule has 2 rings (SSSR count). The Bertz CT molecular complexity index is 571. The molecule has 0 radical (unpaired) electrons. The highest BCUT2D eigenvalue weighted by Crippen LogP contribution is 2.23. The highest BCUT2D eigenvalue weighted by atomic mass is 79.9.